The minimum Gasteiger partial charge on any atom is -0.461 e. The lowest BCUT2D eigenvalue weighted by Gasteiger charge is -2.39. The molecule has 2 aromatic carbocycles. The van der Waals surface area contributed by atoms with Gasteiger partial charge in [-0.3, -0.25) is 4.55 Å². The van der Waals surface area contributed by atoms with Crippen molar-refractivity contribution in [1.29, 1.82) is 0 Å². The first-order valence-corrected chi connectivity index (χ1v) is 11.1. The lowest BCUT2D eigenvalue weighted by atomic mass is 9.99. The molecule has 1 saturated heterocycles. The molecule has 1 aromatic heterocycles. The summed E-state index contributed by atoms with van der Waals surface area (Å²) >= 11 is 0. The number of ether oxygens (including phenoxy) is 2. The van der Waals surface area contributed by atoms with Gasteiger partial charge in [-0.2, -0.15) is 8.42 Å². The van der Waals surface area contributed by atoms with Crippen molar-refractivity contribution in [1.82, 2.24) is 0 Å². The van der Waals surface area contributed by atoms with Crippen molar-refractivity contribution in [2.24, 2.45) is 0 Å². The number of aliphatic hydroxyl groups excluding tert-OH is 4. The zero-order chi connectivity index (χ0) is 23.2. The highest BCUT2D eigenvalue weighted by Crippen LogP contribution is 2.36. The van der Waals surface area contributed by atoms with E-state index >= 15 is 0 Å². The lowest BCUT2D eigenvalue weighted by Crippen LogP contribution is -2.60. The molecule has 1 aliphatic rings. The first kappa shape index (κ1) is 22.6. The van der Waals surface area contributed by atoms with Crippen molar-refractivity contribution in [3.8, 4) is 5.75 Å². The predicted octanol–water partition coefficient (Wildman–Crippen LogP) is -0.487. The van der Waals surface area contributed by atoms with E-state index in [-0.39, 0.29) is 22.3 Å². The van der Waals surface area contributed by atoms with E-state index in [1.807, 2.05) is 0 Å². The molecule has 1 aliphatic heterocycles. The topological polar surface area (TPSA) is 184 Å². The van der Waals surface area contributed by atoms with Gasteiger partial charge in [-0.05, 0) is 10.9 Å². The van der Waals surface area contributed by atoms with Crippen LogP contribution in [0, 0.1) is 0 Å². The van der Waals surface area contributed by atoms with Gasteiger partial charge >= 0.3 is 5.63 Å². The van der Waals surface area contributed by atoms with E-state index in [9.17, 15) is 38.2 Å². The van der Waals surface area contributed by atoms with Crippen molar-refractivity contribution >= 4 is 31.9 Å². The van der Waals surface area contributed by atoms with Crippen LogP contribution in [-0.4, -0.2) is 70.7 Å². The molecule has 1 fully saturated rings. The van der Waals surface area contributed by atoms with Crippen LogP contribution in [0.15, 0.2) is 45.6 Å². The fourth-order valence-corrected chi connectivity index (χ4v) is 4.40. The van der Waals surface area contributed by atoms with Crippen molar-refractivity contribution < 1.29 is 47.3 Å². The Morgan fingerprint density at radius 2 is 1.69 bits per heavy atom. The standard InChI is InChI=1S/C20H20O11S/c21-7-14-17(23)18(24)19(25)20(31-14)30-12-6-13-16(11-4-2-1-3-10(11)12)9(5-15(22)29-13)8-32(26,27)28/h1-6,14,17-21,23-25H,7-8H2,(H,26,27,28)/t14?,17-,18-,19?,20-/m1/s1. The zero-order valence-corrected chi connectivity index (χ0v) is 17.2. The third-order valence-electron chi connectivity index (χ3n) is 5.22. The highest BCUT2D eigenvalue weighted by atomic mass is 32.2. The number of hydrogen-bond acceptors (Lipinski definition) is 10. The monoisotopic (exact) mass is 468 g/mol. The Bertz CT molecular complexity index is 1310. The Morgan fingerprint density at radius 1 is 1.00 bits per heavy atom. The van der Waals surface area contributed by atoms with Crippen LogP contribution in [0.3, 0.4) is 0 Å². The quantitative estimate of drug-likeness (QED) is 0.185. The summed E-state index contributed by atoms with van der Waals surface area (Å²) in [5.74, 6) is -0.754. The van der Waals surface area contributed by atoms with E-state index in [4.69, 9.17) is 13.9 Å². The fraction of sp³-hybridized carbons (Fsp3) is 0.350. The van der Waals surface area contributed by atoms with E-state index in [0.717, 1.165) is 6.07 Å². The molecule has 5 N–H and O–H groups in total. The second-order valence-corrected chi connectivity index (χ2v) is 8.88. The predicted molar refractivity (Wildman–Crippen MR) is 110 cm³/mol. The van der Waals surface area contributed by atoms with Crippen molar-refractivity contribution in [2.45, 2.75) is 36.5 Å². The highest BCUT2D eigenvalue weighted by Gasteiger charge is 2.44. The molecule has 0 saturated carbocycles. The number of aliphatic hydroxyl groups is 4. The van der Waals surface area contributed by atoms with Crippen LogP contribution in [0.2, 0.25) is 0 Å². The van der Waals surface area contributed by atoms with Gasteiger partial charge in [-0.15, -0.1) is 0 Å². The minimum atomic E-state index is -4.45. The van der Waals surface area contributed by atoms with Gasteiger partial charge in [0.15, 0.2) is 0 Å². The van der Waals surface area contributed by atoms with Crippen LogP contribution < -0.4 is 10.4 Å². The maximum absolute atomic E-state index is 12.0. The summed E-state index contributed by atoms with van der Waals surface area (Å²) in [4.78, 5) is 12.0. The third-order valence-corrected chi connectivity index (χ3v) is 5.90. The van der Waals surface area contributed by atoms with E-state index in [1.54, 1.807) is 24.3 Å². The van der Waals surface area contributed by atoms with Gasteiger partial charge in [-0.1, -0.05) is 24.3 Å². The highest BCUT2D eigenvalue weighted by molar-refractivity contribution is 7.85. The Labute approximate surface area is 180 Å². The van der Waals surface area contributed by atoms with Crippen molar-refractivity contribution in [3.63, 3.8) is 0 Å². The van der Waals surface area contributed by atoms with Gasteiger partial charge in [-0.25, -0.2) is 4.79 Å². The molecule has 3 aromatic rings. The molecule has 0 aliphatic carbocycles. The van der Waals surface area contributed by atoms with Gasteiger partial charge in [0.05, 0.1) is 6.61 Å². The first-order valence-electron chi connectivity index (χ1n) is 9.50. The summed E-state index contributed by atoms with van der Waals surface area (Å²) in [7, 11) is -4.45. The van der Waals surface area contributed by atoms with Crippen LogP contribution in [0.5, 0.6) is 5.75 Å². The number of fused-ring (bicyclic) bond motifs is 3. The Balaban J connectivity index is 1.87. The Morgan fingerprint density at radius 3 is 2.34 bits per heavy atom. The third kappa shape index (κ3) is 4.21. The second kappa shape index (κ2) is 8.41. The van der Waals surface area contributed by atoms with Crippen molar-refractivity contribution in [2.75, 3.05) is 6.61 Å². The number of rotatable bonds is 5. The lowest BCUT2D eigenvalue weighted by molar-refractivity contribution is -0.277. The normalized spacial score (nSPS) is 26.5. The van der Waals surface area contributed by atoms with Gasteiger partial charge < -0.3 is 34.3 Å². The summed E-state index contributed by atoms with van der Waals surface area (Å²) in [6.07, 6.45) is -7.56. The zero-order valence-electron chi connectivity index (χ0n) is 16.4. The van der Waals surface area contributed by atoms with Gasteiger partial charge in [0, 0.05) is 22.9 Å². The molecule has 0 radical (unpaired) electrons. The summed E-state index contributed by atoms with van der Waals surface area (Å²) in [6.45, 7) is -0.642. The van der Waals surface area contributed by atoms with Gasteiger partial charge in [0.2, 0.25) is 6.29 Å². The molecule has 5 atom stereocenters. The molecule has 4 rings (SSSR count). The van der Waals surface area contributed by atoms with Gasteiger partial charge in [0.25, 0.3) is 10.1 Å². The molecule has 12 heteroatoms. The van der Waals surface area contributed by atoms with Crippen molar-refractivity contribution in [3.05, 3.63) is 52.4 Å². The molecule has 172 valence electrons. The van der Waals surface area contributed by atoms with Crippen LogP contribution in [0.25, 0.3) is 21.7 Å². The molecule has 0 amide bonds. The van der Waals surface area contributed by atoms with E-state index in [2.05, 4.69) is 0 Å². The largest absolute Gasteiger partial charge is 0.461 e. The summed E-state index contributed by atoms with van der Waals surface area (Å²) < 4.78 is 48.5. The molecule has 2 unspecified atom stereocenters. The van der Waals surface area contributed by atoms with Crippen LogP contribution in [0.1, 0.15) is 5.56 Å². The fourth-order valence-electron chi connectivity index (χ4n) is 3.78. The maximum Gasteiger partial charge on any atom is 0.336 e. The number of benzene rings is 2. The SMILES string of the molecule is O=c1cc(CS(=O)(=O)O)c2c(cc(O[C@@H]3OC(CO)[C@@H](O)[C@@H](O)C3O)c3ccccc32)o1. The van der Waals surface area contributed by atoms with Crippen LogP contribution in [-0.2, 0) is 20.6 Å². The molecule has 32 heavy (non-hydrogen) atoms. The van der Waals surface area contributed by atoms with E-state index in [0.29, 0.717) is 10.8 Å². The first-order chi connectivity index (χ1) is 15.1. The van der Waals surface area contributed by atoms with E-state index in [1.165, 1.54) is 6.07 Å². The molecular formula is C20H20O11S. The van der Waals surface area contributed by atoms with Gasteiger partial charge in [0.1, 0.15) is 41.5 Å². The average molecular weight is 468 g/mol. The summed E-state index contributed by atoms with van der Waals surface area (Å²) in [5, 5.41) is 40.7. The molecule has 2 heterocycles. The molecule has 0 spiro atoms. The summed E-state index contributed by atoms with van der Waals surface area (Å²) in [6, 6.07) is 8.81. The molecule has 0 bridgehead atoms. The second-order valence-electron chi connectivity index (χ2n) is 7.43. The maximum atomic E-state index is 12.0. The van der Waals surface area contributed by atoms with Crippen LogP contribution >= 0.6 is 0 Å². The van der Waals surface area contributed by atoms with Crippen LogP contribution in [0.4, 0.5) is 0 Å². The molecular weight excluding hydrogens is 448 g/mol. The Kier molecular flexibility index (Phi) is 5.94. The number of hydrogen-bond donors (Lipinski definition) is 5. The molecule has 11 nitrogen and oxygen atoms in total. The smallest absolute Gasteiger partial charge is 0.336 e. The Hall–Kier alpha value is -2.58. The minimum absolute atomic E-state index is 0.0225. The van der Waals surface area contributed by atoms with E-state index < -0.39 is 58.8 Å². The average Bonchev–Trinajstić information content (AvgIpc) is 2.72. The summed E-state index contributed by atoms with van der Waals surface area (Å²) in [5.41, 5.74) is -0.881.